The number of nitrogens with zero attached hydrogens (tertiary/aromatic N) is 3. The Hall–Kier alpha value is -2.97. The summed E-state index contributed by atoms with van der Waals surface area (Å²) in [5, 5.41) is 13.3. The van der Waals surface area contributed by atoms with Crippen molar-refractivity contribution in [2.24, 2.45) is 5.41 Å². The van der Waals surface area contributed by atoms with Gasteiger partial charge in [-0.2, -0.15) is 0 Å². The molecule has 180 valence electrons. The Morgan fingerprint density at radius 2 is 1.76 bits per heavy atom. The summed E-state index contributed by atoms with van der Waals surface area (Å²) in [6, 6.07) is 14.1. The number of benzene rings is 2. The fraction of sp³-hybridized carbons (Fsp3) is 0.423. The molecule has 34 heavy (non-hydrogen) atoms. The number of aromatic nitrogens is 1. The van der Waals surface area contributed by atoms with E-state index in [4.69, 9.17) is 0 Å². The number of carbonyl (C=O) groups is 2. The number of fused-ring (bicyclic) bond motifs is 2. The Bertz CT molecular complexity index is 1160. The van der Waals surface area contributed by atoms with Crippen LogP contribution in [0.15, 0.2) is 42.5 Å². The smallest absolute Gasteiger partial charge is 0.304 e. The van der Waals surface area contributed by atoms with Crippen molar-refractivity contribution in [2.45, 2.75) is 32.2 Å². The molecule has 1 aliphatic heterocycles. The SMILES string of the molecule is CN(C)C.O=C(O)CC1(C(=O)NCc2nc3ccc(N4CCC4)cc3s2)Cc2ccccc2C1. The highest BCUT2D eigenvalue weighted by Gasteiger charge is 2.45. The molecule has 2 N–H and O–H groups in total. The van der Waals surface area contributed by atoms with Gasteiger partial charge in [0, 0.05) is 18.8 Å². The highest BCUT2D eigenvalue weighted by molar-refractivity contribution is 7.18. The Morgan fingerprint density at radius 3 is 2.32 bits per heavy atom. The number of carboxylic acid groups (broad SMARTS) is 1. The molecule has 1 fully saturated rings. The molecule has 0 unspecified atom stereocenters. The van der Waals surface area contributed by atoms with Crippen molar-refractivity contribution in [3.05, 3.63) is 58.6 Å². The van der Waals surface area contributed by atoms with Gasteiger partial charge in [0.2, 0.25) is 5.91 Å². The predicted molar refractivity (Wildman–Crippen MR) is 136 cm³/mol. The minimum absolute atomic E-state index is 0.174. The lowest BCUT2D eigenvalue weighted by atomic mass is 9.80. The molecular formula is C26H32N4O3S. The number of hydrogen-bond acceptors (Lipinski definition) is 6. The van der Waals surface area contributed by atoms with E-state index in [0.717, 1.165) is 39.4 Å². The zero-order valence-corrected chi connectivity index (χ0v) is 20.8. The molecule has 5 rings (SSSR count). The summed E-state index contributed by atoms with van der Waals surface area (Å²) in [7, 11) is 6.00. The third-order valence-electron chi connectivity index (χ3n) is 6.19. The van der Waals surface area contributed by atoms with Gasteiger partial charge >= 0.3 is 5.97 Å². The predicted octanol–water partition coefficient (Wildman–Crippen LogP) is 3.56. The normalized spacial score (nSPS) is 15.9. The lowest BCUT2D eigenvalue weighted by molar-refractivity contribution is -0.145. The number of rotatable bonds is 6. The van der Waals surface area contributed by atoms with Crippen LogP contribution < -0.4 is 10.2 Å². The molecule has 2 aliphatic rings. The van der Waals surface area contributed by atoms with Crippen LogP contribution in [0.25, 0.3) is 10.2 Å². The molecule has 0 saturated carbocycles. The number of anilines is 1. The monoisotopic (exact) mass is 480 g/mol. The molecular weight excluding hydrogens is 448 g/mol. The molecule has 1 saturated heterocycles. The number of aliphatic carboxylic acids is 1. The van der Waals surface area contributed by atoms with Gasteiger partial charge in [-0.25, -0.2) is 4.98 Å². The van der Waals surface area contributed by atoms with Crippen molar-refractivity contribution >= 4 is 39.1 Å². The van der Waals surface area contributed by atoms with Gasteiger partial charge in [-0.3, -0.25) is 9.59 Å². The summed E-state index contributed by atoms with van der Waals surface area (Å²) in [5.74, 6) is -1.15. The highest BCUT2D eigenvalue weighted by Crippen LogP contribution is 2.40. The number of carbonyl (C=O) groups excluding carboxylic acids is 1. The molecule has 3 aromatic rings. The maximum atomic E-state index is 13.1. The average Bonchev–Trinajstić information content (AvgIpc) is 3.30. The lowest BCUT2D eigenvalue weighted by Crippen LogP contribution is -2.43. The van der Waals surface area contributed by atoms with Crippen LogP contribution >= 0.6 is 11.3 Å². The quantitative estimate of drug-likeness (QED) is 0.561. The lowest BCUT2D eigenvalue weighted by Gasteiger charge is -2.33. The molecule has 1 aromatic heterocycles. The van der Waals surface area contributed by atoms with E-state index in [1.807, 2.05) is 56.4 Å². The van der Waals surface area contributed by atoms with Crippen molar-refractivity contribution in [1.29, 1.82) is 0 Å². The van der Waals surface area contributed by atoms with Crippen molar-refractivity contribution in [2.75, 3.05) is 39.1 Å². The number of carboxylic acids is 1. The molecule has 2 aromatic carbocycles. The van der Waals surface area contributed by atoms with Crippen LogP contribution in [-0.2, 0) is 29.0 Å². The van der Waals surface area contributed by atoms with E-state index in [9.17, 15) is 14.7 Å². The zero-order chi connectivity index (χ0) is 24.3. The van der Waals surface area contributed by atoms with E-state index in [-0.39, 0.29) is 12.3 Å². The zero-order valence-electron chi connectivity index (χ0n) is 20.0. The molecule has 2 heterocycles. The topological polar surface area (TPSA) is 85.8 Å². The summed E-state index contributed by atoms with van der Waals surface area (Å²) >= 11 is 1.58. The molecule has 0 spiro atoms. The molecule has 0 atom stereocenters. The van der Waals surface area contributed by atoms with E-state index in [0.29, 0.717) is 19.4 Å². The minimum atomic E-state index is -0.948. The van der Waals surface area contributed by atoms with E-state index >= 15 is 0 Å². The van der Waals surface area contributed by atoms with Crippen molar-refractivity contribution < 1.29 is 14.7 Å². The van der Waals surface area contributed by atoms with Gasteiger partial charge in [-0.05, 0) is 69.7 Å². The first-order chi connectivity index (χ1) is 16.3. The number of hydrogen-bond donors (Lipinski definition) is 2. The number of amides is 1. The Balaban J connectivity index is 0.000000636. The van der Waals surface area contributed by atoms with Crippen LogP contribution in [0.3, 0.4) is 0 Å². The number of nitrogens with one attached hydrogen (secondary N) is 1. The summed E-state index contributed by atoms with van der Waals surface area (Å²) in [5.41, 5.74) is 3.34. The highest BCUT2D eigenvalue weighted by atomic mass is 32.1. The summed E-state index contributed by atoms with van der Waals surface area (Å²) in [6.07, 6.45) is 1.98. The number of thiazole rings is 1. The van der Waals surface area contributed by atoms with Crippen molar-refractivity contribution in [3.8, 4) is 0 Å². The van der Waals surface area contributed by atoms with E-state index in [1.54, 1.807) is 11.3 Å². The van der Waals surface area contributed by atoms with Gasteiger partial charge in [0.25, 0.3) is 0 Å². The fourth-order valence-electron chi connectivity index (χ4n) is 4.50. The second-order valence-electron chi connectivity index (χ2n) is 9.60. The van der Waals surface area contributed by atoms with E-state index in [1.165, 1.54) is 12.1 Å². The van der Waals surface area contributed by atoms with Gasteiger partial charge in [-0.1, -0.05) is 24.3 Å². The van der Waals surface area contributed by atoms with Gasteiger partial charge in [0.1, 0.15) is 5.01 Å². The molecule has 7 nitrogen and oxygen atoms in total. The van der Waals surface area contributed by atoms with Crippen molar-refractivity contribution in [1.82, 2.24) is 15.2 Å². The van der Waals surface area contributed by atoms with E-state index < -0.39 is 11.4 Å². The third-order valence-corrected chi connectivity index (χ3v) is 7.20. The van der Waals surface area contributed by atoms with Gasteiger partial charge < -0.3 is 20.2 Å². The Morgan fingerprint density at radius 1 is 1.12 bits per heavy atom. The molecule has 1 aliphatic carbocycles. The Labute approximate surface area is 204 Å². The van der Waals surface area contributed by atoms with Crippen LogP contribution in [-0.4, -0.2) is 61.1 Å². The molecule has 8 heteroatoms. The van der Waals surface area contributed by atoms with Crippen LogP contribution in [0.5, 0.6) is 0 Å². The molecule has 1 amide bonds. The van der Waals surface area contributed by atoms with Crippen LogP contribution in [0.2, 0.25) is 0 Å². The maximum Gasteiger partial charge on any atom is 0.304 e. The minimum Gasteiger partial charge on any atom is -0.481 e. The first-order valence-electron chi connectivity index (χ1n) is 11.6. The largest absolute Gasteiger partial charge is 0.481 e. The van der Waals surface area contributed by atoms with Gasteiger partial charge in [0.15, 0.2) is 0 Å². The third kappa shape index (κ3) is 5.39. The van der Waals surface area contributed by atoms with Crippen LogP contribution in [0, 0.1) is 5.41 Å². The van der Waals surface area contributed by atoms with Crippen molar-refractivity contribution in [3.63, 3.8) is 0 Å². The Kier molecular flexibility index (Phi) is 7.19. The van der Waals surface area contributed by atoms with Crippen LogP contribution in [0.1, 0.15) is 29.0 Å². The second-order valence-corrected chi connectivity index (χ2v) is 10.7. The van der Waals surface area contributed by atoms with Gasteiger partial charge in [0.05, 0.1) is 28.6 Å². The fourth-order valence-corrected chi connectivity index (χ4v) is 5.44. The summed E-state index contributed by atoms with van der Waals surface area (Å²) in [6.45, 7) is 2.51. The van der Waals surface area contributed by atoms with E-state index in [2.05, 4.69) is 27.3 Å². The first kappa shape index (κ1) is 24.2. The standard InChI is InChI=1S/C23H23N3O3S.C3H9N/c27-21(28)13-23(11-15-4-1-2-5-16(15)12-23)22(29)24-14-20-25-18-7-6-17(10-19(18)30-20)26-8-3-9-26;1-4(2)3/h1-2,4-7,10H,3,8-9,11-14H2,(H,24,29)(H,27,28);1-3H3. The van der Waals surface area contributed by atoms with Crippen LogP contribution in [0.4, 0.5) is 5.69 Å². The summed E-state index contributed by atoms with van der Waals surface area (Å²) < 4.78 is 1.11. The summed E-state index contributed by atoms with van der Waals surface area (Å²) in [4.78, 5) is 33.7. The molecule has 0 bridgehead atoms. The maximum absolute atomic E-state index is 13.1. The van der Waals surface area contributed by atoms with Gasteiger partial charge in [-0.15, -0.1) is 11.3 Å². The second kappa shape index (κ2) is 10.1. The molecule has 0 radical (unpaired) electrons. The first-order valence-corrected chi connectivity index (χ1v) is 12.4. The average molecular weight is 481 g/mol.